The standard InChI is InChI=1S/C12H14N2O2S2/c1-9-11(14-7-10-5-6-17-8-10)3-2-4-12(9)18(13,15)16/h2-6,8,14H,7H2,1H3,(H2,13,15,16). The lowest BCUT2D eigenvalue weighted by atomic mass is 10.2. The summed E-state index contributed by atoms with van der Waals surface area (Å²) < 4.78 is 22.8. The second-order valence-electron chi connectivity index (χ2n) is 3.96. The smallest absolute Gasteiger partial charge is 0.238 e. The minimum absolute atomic E-state index is 0.165. The van der Waals surface area contributed by atoms with Gasteiger partial charge in [-0.2, -0.15) is 11.3 Å². The Hall–Kier alpha value is -1.37. The Morgan fingerprint density at radius 1 is 1.33 bits per heavy atom. The Morgan fingerprint density at radius 3 is 2.72 bits per heavy atom. The molecule has 1 heterocycles. The Morgan fingerprint density at radius 2 is 2.11 bits per heavy atom. The molecule has 4 nitrogen and oxygen atoms in total. The molecular weight excluding hydrogens is 268 g/mol. The van der Waals surface area contributed by atoms with Gasteiger partial charge in [-0.05, 0) is 47.0 Å². The van der Waals surface area contributed by atoms with E-state index in [-0.39, 0.29) is 4.90 Å². The predicted molar refractivity (Wildman–Crippen MR) is 74.2 cm³/mol. The average Bonchev–Trinajstić information content (AvgIpc) is 2.79. The lowest BCUT2D eigenvalue weighted by Gasteiger charge is -2.11. The lowest BCUT2D eigenvalue weighted by Crippen LogP contribution is -2.14. The second kappa shape index (κ2) is 5.09. The molecule has 6 heteroatoms. The Balaban J connectivity index is 2.24. The van der Waals surface area contributed by atoms with E-state index in [4.69, 9.17) is 5.14 Å². The third-order valence-corrected chi connectivity index (χ3v) is 4.44. The maximum absolute atomic E-state index is 11.4. The number of primary sulfonamides is 1. The van der Waals surface area contributed by atoms with Crippen LogP contribution in [0, 0.1) is 6.92 Å². The molecule has 0 amide bonds. The predicted octanol–water partition coefficient (Wildman–Crippen LogP) is 2.32. The molecule has 1 aromatic heterocycles. The topological polar surface area (TPSA) is 72.2 Å². The summed E-state index contributed by atoms with van der Waals surface area (Å²) in [6, 6.07) is 7.07. The van der Waals surface area contributed by atoms with E-state index in [1.54, 1.807) is 24.3 Å². The minimum Gasteiger partial charge on any atom is -0.381 e. The lowest BCUT2D eigenvalue weighted by molar-refractivity contribution is 0.597. The molecule has 0 aliphatic rings. The van der Waals surface area contributed by atoms with Crippen LogP contribution in [0.15, 0.2) is 39.9 Å². The van der Waals surface area contributed by atoms with Gasteiger partial charge >= 0.3 is 0 Å². The molecule has 3 N–H and O–H groups in total. The van der Waals surface area contributed by atoms with Crippen LogP contribution in [0.1, 0.15) is 11.1 Å². The number of hydrogen-bond acceptors (Lipinski definition) is 4. The van der Waals surface area contributed by atoms with E-state index in [1.165, 1.54) is 11.6 Å². The zero-order chi connectivity index (χ0) is 13.2. The molecule has 96 valence electrons. The molecule has 2 aromatic rings. The monoisotopic (exact) mass is 282 g/mol. The number of nitrogens with two attached hydrogens (primary N) is 1. The number of nitrogens with one attached hydrogen (secondary N) is 1. The molecule has 0 fully saturated rings. The van der Waals surface area contributed by atoms with Crippen LogP contribution in [-0.2, 0) is 16.6 Å². The van der Waals surface area contributed by atoms with Crippen molar-refractivity contribution < 1.29 is 8.42 Å². The van der Waals surface area contributed by atoms with Gasteiger partial charge in [-0.1, -0.05) is 6.07 Å². The molecule has 2 rings (SSSR count). The maximum Gasteiger partial charge on any atom is 0.238 e. The number of anilines is 1. The summed E-state index contributed by atoms with van der Waals surface area (Å²) in [4.78, 5) is 0.165. The van der Waals surface area contributed by atoms with Crippen LogP contribution >= 0.6 is 11.3 Å². The first-order chi connectivity index (χ1) is 8.48. The van der Waals surface area contributed by atoms with Crippen molar-refractivity contribution in [2.45, 2.75) is 18.4 Å². The summed E-state index contributed by atoms with van der Waals surface area (Å²) in [6.45, 7) is 2.41. The third-order valence-electron chi connectivity index (χ3n) is 2.65. The highest BCUT2D eigenvalue weighted by molar-refractivity contribution is 7.89. The van der Waals surface area contributed by atoms with Crippen LogP contribution in [0.25, 0.3) is 0 Å². The van der Waals surface area contributed by atoms with Gasteiger partial charge in [0.25, 0.3) is 0 Å². The molecule has 0 unspecified atom stereocenters. The van der Waals surface area contributed by atoms with Crippen LogP contribution < -0.4 is 10.5 Å². The summed E-state index contributed by atoms with van der Waals surface area (Å²) in [7, 11) is -3.67. The fourth-order valence-electron chi connectivity index (χ4n) is 1.70. The molecular formula is C12H14N2O2S2. The van der Waals surface area contributed by atoms with Crippen molar-refractivity contribution in [1.82, 2.24) is 0 Å². The number of benzene rings is 1. The van der Waals surface area contributed by atoms with Gasteiger partial charge in [0.05, 0.1) is 4.90 Å². The molecule has 0 bridgehead atoms. The molecule has 0 aliphatic carbocycles. The summed E-state index contributed by atoms with van der Waals surface area (Å²) in [5.41, 5.74) is 2.60. The van der Waals surface area contributed by atoms with Crippen LogP contribution in [-0.4, -0.2) is 8.42 Å². The van der Waals surface area contributed by atoms with Gasteiger partial charge in [-0.25, -0.2) is 13.6 Å². The van der Waals surface area contributed by atoms with E-state index in [0.717, 1.165) is 5.69 Å². The van der Waals surface area contributed by atoms with Crippen molar-refractivity contribution in [3.05, 3.63) is 46.2 Å². The van der Waals surface area contributed by atoms with Crippen molar-refractivity contribution >= 4 is 27.0 Å². The van der Waals surface area contributed by atoms with E-state index >= 15 is 0 Å². The van der Waals surface area contributed by atoms with E-state index in [9.17, 15) is 8.42 Å². The SMILES string of the molecule is Cc1c(NCc2ccsc2)cccc1S(N)(=O)=O. The average molecular weight is 282 g/mol. The highest BCUT2D eigenvalue weighted by Crippen LogP contribution is 2.22. The summed E-state index contributed by atoms with van der Waals surface area (Å²) in [5.74, 6) is 0. The van der Waals surface area contributed by atoms with Crippen molar-refractivity contribution in [2.24, 2.45) is 5.14 Å². The normalized spacial score (nSPS) is 11.4. The van der Waals surface area contributed by atoms with Gasteiger partial charge in [0.2, 0.25) is 10.0 Å². The maximum atomic E-state index is 11.4. The van der Waals surface area contributed by atoms with Gasteiger partial charge in [0.1, 0.15) is 0 Å². The van der Waals surface area contributed by atoms with E-state index in [0.29, 0.717) is 12.1 Å². The Bertz CT molecular complexity index is 634. The summed E-state index contributed by atoms with van der Waals surface area (Å²) in [5, 5.41) is 12.4. The van der Waals surface area contributed by atoms with Gasteiger partial charge in [0, 0.05) is 12.2 Å². The van der Waals surface area contributed by atoms with Gasteiger partial charge in [-0.15, -0.1) is 0 Å². The Kier molecular flexibility index (Phi) is 3.70. The van der Waals surface area contributed by atoms with E-state index in [2.05, 4.69) is 5.32 Å². The second-order valence-corrected chi connectivity index (χ2v) is 6.27. The first-order valence-electron chi connectivity index (χ1n) is 5.36. The summed E-state index contributed by atoms with van der Waals surface area (Å²) in [6.07, 6.45) is 0. The molecule has 0 saturated carbocycles. The van der Waals surface area contributed by atoms with E-state index in [1.807, 2.05) is 22.9 Å². The molecule has 0 atom stereocenters. The fourth-order valence-corrected chi connectivity index (χ4v) is 3.18. The number of sulfonamides is 1. The first kappa shape index (κ1) is 13.1. The van der Waals surface area contributed by atoms with Crippen molar-refractivity contribution in [3.8, 4) is 0 Å². The minimum atomic E-state index is -3.67. The van der Waals surface area contributed by atoms with Gasteiger partial charge in [-0.3, -0.25) is 0 Å². The number of hydrogen-bond donors (Lipinski definition) is 2. The zero-order valence-electron chi connectivity index (χ0n) is 9.88. The Labute approximate surface area is 111 Å². The largest absolute Gasteiger partial charge is 0.381 e. The molecule has 0 spiro atoms. The first-order valence-corrected chi connectivity index (χ1v) is 7.85. The van der Waals surface area contributed by atoms with Crippen LogP contribution in [0.2, 0.25) is 0 Å². The van der Waals surface area contributed by atoms with Gasteiger partial charge in [0.15, 0.2) is 0 Å². The molecule has 0 aliphatic heterocycles. The fraction of sp³-hybridized carbons (Fsp3) is 0.167. The summed E-state index contributed by atoms with van der Waals surface area (Å²) >= 11 is 1.63. The van der Waals surface area contributed by atoms with Crippen molar-refractivity contribution in [1.29, 1.82) is 0 Å². The number of rotatable bonds is 4. The highest BCUT2D eigenvalue weighted by Gasteiger charge is 2.13. The third kappa shape index (κ3) is 2.90. The van der Waals surface area contributed by atoms with Gasteiger partial charge < -0.3 is 5.32 Å². The number of thiophene rings is 1. The van der Waals surface area contributed by atoms with Crippen LogP contribution in [0.4, 0.5) is 5.69 Å². The van der Waals surface area contributed by atoms with Crippen molar-refractivity contribution in [2.75, 3.05) is 5.32 Å². The van der Waals surface area contributed by atoms with E-state index < -0.39 is 10.0 Å². The van der Waals surface area contributed by atoms with Crippen LogP contribution in [0.5, 0.6) is 0 Å². The van der Waals surface area contributed by atoms with Crippen LogP contribution in [0.3, 0.4) is 0 Å². The quantitative estimate of drug-likeness (QED) is 0.904. The van der Waals surface area contributed by atoms with Crippen molar-refractivity contribution in [3.63, 3.8) is 0 Å². The molecule has 0 radical (unpaired) electrons. The molecule has 0 saturated heterocycles. The molecule has 1 aromatic carbocycles. The molecule has 18 heavy (non-hydrogen) atoms. The highest BCUT2D eigenvalue weighted by atomic mass is 32.2. The zero-order valence-corrected chi connectivity index (χ0v) is 11.5.